The number of carbonyl (C=O) groups excluding carboxylic acids is 2. The molecule has 5 rings (SSSR count). The fourth-order valence-electron chi connectivity index (χ4n) is 5.09. The lowest BCUT2D eigenvalue weighted by atomic mass is 9.76. The average molecular weight is 436 g/mol. The van der Waals surface area contributed by atoms with Crippen molar-refractivity contribution in [3.8, 4) is 11.5 Å². The van der Waals surface area contributed by atoms with Gasteiger partial charge in [-0.25, -0.2) is 0 Å². The number of likely N-dealkylation sites (tertiary alicyclic amines) is 1. The summed E-state index contributed by atoms with van der Waals surface area (Å²) in [5.74, 6) is 1.02. The summed E-state index contributed by atoms with van der Waals surface area (Å²) in [5, 5.41) is 6.37. The first-order valence-electron chi connectivity index (χ1n) is 11.1. The van der Waals surface area contributed by atoms with Gasteiger partial charge < -0.3 is 20.1 Å². The highest BCUT2D eigenvalue weighted by Crippen LogP contribution is 2.38. The van der Waals surface area contributed by atoms with Gasteiger partial charge in [0.25, 0.3) is 5.91 Å². The Bertz CT molecular complexity index is 1080. The van der Waals surface area contributed by atoms with E-state index in [0.717, 1.165) is 22.6 Å². The molecule has 3 aliphatic heterocycles. The molecule has 1 fully saturated rings. The fourth-order valence-corrected chi connectivity index (χ4v) is 5.09. The summed E-state index contributed by atoms with van der Waals surface area (Å²) in [5.41, 5.74) is 1.79. The molecule has 2 aromatic carbocycles. The zero-order valence-corrected chi connectivity index (χ0v) is 18.7. The Morgan fingerprint density at radius 1 is 1.19 bits per heavy atom. The predicted molar refractivity (Wildman–Crippen MR) is 120 cm³/mol. The summed E-state index contributed by atoms with van der Waals surface area (Å²) in [6, 6.07) is 13.6. The Kier molecular flexibility index (Phi) is 4.89. The van der Waals surface area contributed by atoms with E-state index in [-0.39, 0.29) is 30.1 Å². The highest BCUT2D eigenvalue weighted by molar-refractivity contribution is 5.98. The first-order chi connectivity index (χ1) is 15.2. The molecule has 0 saturated carbocycles. The molecule has 0 aliphatic carbocycles. The van der Waals surface area contributed by atoms with Crippen LogP contribution >= 0.6 is 0 Å². The second-order valence-corrected chi connectivity index (χ2v) is 10.1. The van der Waals surface area contributed by atoms with Crippen LogP contribution in [0, 0.1) is 5.92 Å². The Balaban J connectivity index is 1.44. The fraction of sp³-hybridized carbons (Fsp3) is 0.440. The highest BCUT2D eigenvalue weighted by atomic mass is 16.7. The van der Waals surface area contributed by atoms with Gasteiger partial charge in [-0.3, -0.25) is 14.5 Å². The van der Waals surface area contributed by atoms with Crippen LogP contribution in [0.15, 0.2) is 42.5 Å². The van der Waals surface area contributed by atoms with Gasteiger partial charge >= 0.3 is 0 Å². The minimum absolute atomic E-state index is 0.0228. The maximum atomic E-state index is 13.4. The molecule has 0 radical (unpaired) electrons. The van der Waals surface area contributed by atoms with Crippen molar-refractivity contribution in [3.63, 3.8) is 0 Å². The molecular formula is C25H29N3O4. The summed E-state index contributed by atoms with van der Waals surface area (Å²) in [7, 11) is 0. The lowest BCUT2D eigenvalue weighted by Crippen LogP contribution is -2.62. The number of hydrogen-bond acceptors (Lipinski definition) is 5. The molecule has 7 heteroatoms. The SMILES string of the molecule is CC(C)(C)NC(=O)[C@@H]1CN(Cc2ccc3c(c2)OCO3)C[C@]12Cc1ccccc1C(=O)N2. The Morgan fingerprint density at radius 2 is 1.97 bits per heavy atom. The van der Waals surface area contributed by atoms with E-state index in [1.54, 1.807) is 0 Å². The Labute approximate surface area is 188 Å². The molecule has 2 atom stereocenters. The predicted octanol–water partition coefficient (Wildman–Crippen LogP) is 2.49. The van der Waals surface area contributed by atoms with Crippen LogP contribution in [0.5, 0.6) is 11.5 Å². The van der Waals surface area contributed by atoms with Gasteiger partial charge in [-0.05, 0) is 56.5 Å². The first-order valence-corrected chi connectivity index (χ1v) is 11.1. The largest absolute Gasteiger partial charge is 0.454 e. The van der Waals surface area contributed by atoms with E-state index in [1.165, 1.54) is 0 Å². The van der Waals surface area contributed by atoms with Crippen molar-refractivity contribution >= 4 is 11.8 Å². The summed E-state index contributed by atoms with van der Waals surface area (Å²) >= 11 is 0. The van der Waals surface area contributed by atoms with E-state index in [9.17, 15) is 9.59 Å². The van der Waals surface area contributed by atoms with Crippen molar-refractivity contribution in [2.45, 2.75) is 44.8 Å². The quantitative estimate of drug-likeness (QED) is 0.775. The third-order valence-electron chi connectivity index (χ3n) is 6.40. The molecule has 3 aliphatic rings. The van der Waals surface area contributed by atoms with E-state index in [4.69, 9.17) is 9.47 Å². The molecule has 2 N–H and O–H groups in total. The number of benzene rings is 2. The summed E-state index contributed by atoms with van der Waals surface area (Å²) in [6.07, 6.45) is 0.634. The Morgan fingerprint density at radius 3 is 2.78 bits per heavy atom. The molecule has 1 spiro atoms. The maximum Gasteiger partial charge on any atom is 0.252 e. The molecular weight excluding hydrogens is 406 g/mol. The van der Waals surface area contributed by atoms with Crippen molar-refractivity contribution in [3.05, 3.63) is 59.2 Å². The zero-order valence-electron chi connectivity index (χ0n) is 18.7. The van der Waals surface area contributed by atoms with Gasteiger partial charge in [0.05, 0.1) is 11.5 Å². The van der Waals surface area contributed by atoms with E-state index < -0.39 is 5.54 Å². The third kappa shape index (κ3) is 3.81. The van der Waals surface area contributed by atoms with Gasteiger partial charge in [-0.2, -0.15) is 0 Å². The van der Waals surface area contributed by atoms with Crippen LogP contribution in [0.25, 0.3) is 0 Å². The van der Waals surface area contributed by atoms with Crippen molar-refractivity contribution in [2.24, 2.45) is 5.92 Å². The van der Waals surface area contributed by atoms with Crippen LogP contribution in [-0.4, -0.2) is 47.7 Å². The molecule has 0 bridgehead atoms. The second kappa shape index (κ2) is 7.52. The van der Waals surface area contributed by atoms with E-state index >= 15 is 0 Å². The molecule has 3 heterocycles. The van der Waals surface area contributed by atoms with E-state index in [1.807, 2.05) is 63.2 Å². The molecule has 7 nitrogen and oxygen atoms in total. The van der Waals surface area contributed by atoms with Gasteiger partial charge in [0.2, 0.25) is 12.7 Å². The van der Waals surface area contributed by atoms with Crippen LogP contribution < -0.4 is 20.1 Å². The van der Waals surface area contributed by atoms with Crippen LogP contribution in [0.1, 0.15) is 42.3 Å². The summed E-state index contributed by atoms with van der Waals surface area (Å²) < 4.78 is 10.9. The minimum Gasteiger partial charge on any atom is -0.454 e. The van der Waals surface area contributed by atoms with Crippen molar-refractivity contribution < 1.29 is 19.1 Å². The van der Waals surface area contributed by atoms with Crippen molar-refractivity contribution in [1.82, 2.24) is 15.5 Å². The van der Waals surface area contributed by atoms with Crippen LogP contribution in [0.3, 0.4) is 0 Å². The third-order valence-corrected chi connectivity index (χ3v) is 6.40. The standard InChI is InChI=1S/C25H29N3O4/c1-24(2,3)26-23(30)19-13-28(12-16-8-9-20-21(10-16)32-15-31-20)14-25(19)11-17-6-4-5-7-18(17)22(29)27-25/h4-10,19H,11-15H2,1-3H3,(H,26,30)(H,27,29)/t19-,25+/m0/s1. The highest BCUT2D eigenvalue weighted by Gasteiger charge is 2.53. The topological polar surface area (TPSA) is 79.9 Å². The molecule has 168 valence electrons. The normalized spacial score (nSPS) is 24.3. The number of rotatable bonds is 3. The number of hydrogen-bond donors (Lipinski definition) is 2. The van der Waals surface area contributed by atoms with Crippen LogP contribution in [-0.2, 0) is 17.8 Å². The van der Waals surface area contributed by atoms with E-state index in [0.29, 0.717) is 31.6 Å². The molecule has 1 saturated heterocycles. The number of amides is 2. The monoisotopic (exact) mass is 435 g/mol. The van der Waals surface area contributed by atoms with Crippen LogP contribution in [0.4, 0.5) is 0 Å². The Hall–Kier alpha value is -3.06. The molecule has 0 unspecified atom stereocenters. The number of ether oxygens (including phenoxy) is 2. The average Bonchev–Trinajstić information content (AvgIpc) is 3.31. The second-order valence-electron chi connectivity index (χ2n) is 10.1. The minimum atomic E-state index is -0.642. The number of carbonyl (C=O) groups is 2. The van der Waals surface area contributed by atoms with Crippen molar-refractivity contribution in [2.75, 3.05) is 19.9 Å². The zero-order chi connectivity index (χ0) is 22.5. The maximum absolute atomic E-state index is 13.4. The number of nitrogens with one attached hydrogen (secondary N) is 2. The first kappa shape index (κ1) is 20.8. The van der Waals surface area contributed by atoms with Gasteiger partial charge in [-0.1, -0.05) is 24.3 Å². The lowest BCUT2D eigenvalue weighted by molar-refractivity contribution is -0.127. The smallest absolute Gasteiger partial charge is 0.252 e. The molecule has 2 aromatic rings. The molecule has 32 heavy (non-hydrogen) atoms. The van der Waals surface area contributed by atoms with Crippen LogP contribution in [0.2, 0.25) is 0 Å². The van der Waals surface area contributed by atoms with Gasteiger partial charge in [-0.15, -0.1) is 0 Å². The number of nitrogens with zero attached hydrogens (tertiary/aromatic N) is 1. The van der Waals surface area contributed by atoms with Gasteiger partial charge in [0.1, 0.15) is 0 Å². The number of fused-ring (bicyclic) bond motifs is 2. The van der Waals surface area contributed by atoms with Gasteiger partial charge in [0.15, 0.2) is 11.5 Å². The summed E-state index contributed by atoms with van der Waals surface area (Å²) in [4.78, 5) is 28.6. The van der Waals surface area contributed by atoms with Crippen molar-refractivity contribution in [1.29, 1.82) is 0 Å². The van der Waals surface area contributed by atoms with E-state index in [2.05, 4.69) is 15.5 Å². The molecule has 2 amide bonds. The lowest BCUT2D eigenvalue weighted by Gasteiger charge is -2.40. The summed E-state index contributed by atoms with van der Waals surface area (Å²) in [6.45, 7) is 8.01. The van der Waals surface area contributed by atoms with Gasteiger partial charge in [0, 0.05) is 30.7 Å². The molecule has 0 aromatic heterocycles.